The second-order valence-electron chi connectivity index (χ2n) is 5.07. The number of hydrogen-bond donors (Lipinski definition) is 2. The van der Waals surface area contributed by atoms with Gasteiger partial charge in [-0.25, -0.2) is 0 Å². The van der Waals surface area contributed by atoms with Crippen LogP contribution in [0.5, 0.6) is 0 Å². The second-order valence-corrected chi connectivity index (χ2v) is 5.07. The molecule has 5 heteroatoms. The van der Waals surface area contributed by atoms with Crippen molar-refractivity contribution in [2.24, 2.45) is 0 Å². The van der Waals surface area contributed by atoms with Gasteiger partial charge < -0.3 is 15.4 Å². The normalized spacial score (nSPS) is 29.4. The molecule has 104 valence electrons. The van der Waals surface area contributed by atoms with Crippen molar-refractivity contribution in [2.45, 2.75) is 38.3 Å². The third-order valence-corrected chi connectivity index (χ3v) is 3.77. The van der Waals surface area contributed by atoms with Crippen molar-refractivity contribution < 1.29 is 9.53 Å². The van der Waals surface area contributed by atoms with Gasteiger partial charge in [-0.3, -0.25) is 9.69 Å². The van der Waals surface area contributed by atoms with E-state index in [1.54, 1.807) is 0 Å². The SMILES string of the molecule is CCNC(=O)C1CNCCN1CCC1CCCO1. The highest BCUT2D eigenvalue weighted by Crippen LogP contribution is 2.16. The number of likely N-dealkylation sites (N-methyl/N-ethyl adjacent to an activating group) is 1. The molecule has 2 aliphatic heterocycles. The number of amides is 1. The van der Waals surface area contributed by atoms with Crippen LogP contribution >= 0.6 is 0 Å². The maximum Gasteiger partial charge on any atom is 0.238 e. The van der Waals surface area contributed by atoms with E-state index in [4.69, 9.17) is 4.74 Å². The van der Waals surface area contributed by atoms with Crippen molar-refractivity contribution in [2.75, 3.05) is 39.3 Å². The minimum atomic E-state index is -0.0138. The van der Waals surface area contributed by atoms with Crippen LogP contribution in [-0.4, -0.2) is 62.3 Å². The maximum atomic E-state index is 12.0. The van der Waals surface area contributed by atoms with Gasteiger partial charge in [-0.15, -0.1) is 0 Å². The number of ether oxygens (including phenoxy) is 1. The van der Waals surface area contributed by atoms with E-state index in [0.717, 1.165) is 39.2 Å². The van der Waals surface area contributed by atoms with Crippen LogP contribution in [0.4, 0.5) is 0 Å². The number of carbonyl (C=O) groups excluding carboxylic acids is 1. The molecule has 0 spiro atoms. The molecule has 0 aromatic heterocycles. The molecule has 0 bridgehead atoms. The van der Waals surface area contributed by atoms with Crippen molar-refractivity contribution in [1.82, 2.24) is 15.5 Å². The van der Waals surface area contributed by atoms with E-state index in [1.807, 2.05) is 6.92 Å². The van der Waals surface area contributed by atoms with Crippen molar-refractivity contribution in [1.29, 1.82) is 0 Å². The van der Waals surface area contributed by atoms with Gasteiger partial charge in [0.2, 0.25) is 5.91 Å². The largest absolute Gasteiger partial charge is 0.378 e. The number of hydrogen-bond acceptors (Lipinski definition) is 4. The van der Waals surface area contributed by atoms with Crippen molar-refractivity contribution >= 4 is 5.91 Å². The number of nitrogens with one attached hydrogen (secondary N) is 2. The fourth-order valence-electron chi connectivity index (χ4n) is 2.75. The fraction of sp³-hybridized carbons (Fsp3) is 0.923. The Morgan fingerprint density at radius 2 is 2.44 bits per heavy atom. The van der Waals surface area contributed by atoms with E-state index in [2.05, 4.69) is 15.5 Å². The number of carbonyl (C=O) groups is 1. The van der Waals surface area contributed by atoms with Gasteiger partial charge in [-0.2, -0.15) is 0 Å². The first kappa shape index (κ1) is 13.8. The summed E-state index contributed by atoms with van der Waals surface area (Å²) in [7, 11) is 0. The molecular formula is C13H25N3O2. The highest BCUT2D eigenvalue weighted by atomic mass is 16.5. The second kappa shape index (κ2) is 7.07. The minimum Gasteiger partial charge on any atom is -0.378 e. The fourth-order valence-corrected chi connectivity index (χ4v) is 2.75. The van der Waals surface area contributed by atoms with Gasteiger partial charge in [-0.1, -0.05) is 0 Å². The Labute approximate surface area is 109 Å². The lowest BCUT2D eigenvalue weighted by atomic mass is 10.1. The summed E-state index contributed by atoms with van der Waals surface area (Å²) < 4.78 is 5.64. The van der Waals surface area contributed by atoms with Gasteiger partial charge in [0.25, 0.3) is 0 Å². The van der Waals surface area contributed by atoms with Crippen molar-refractivity contribution in [3.05, 3.63) is 0 Å². The molecule has 2 fully saturated rings. The predicted molar refractivity (Wildman–Crippen MR) is 70.5 cm³/mol. The van der Waals surface area contributed by atoms with Crippen LogP contribution in [0.3, 0.4) is 0 Å². The average Bonchev–Trinajstić information content (AvgIpc) is 2.90. The molecule has 2 saturated heterocycles. The van der Waals surface area contributed by atoms with E-state index in [9.17, 15) is 4.79 Å². The van der Waals surface area contributed by atoms with Crippen LogP contribution in [0, 0.1) is 0 Å². The van der Waals surface area contributed by atoms with Crippen LogP contribution in [-0.2, 0) is 9.53 Å². The zero-order valence-electron chi connectivity index (χ0n) is 11.3. The number of nitrogens with zero attached hydrogens (tertiary/aromatic N) is 1. The van der Waals surface area contributed by atoms with E-state index >= 15 is 0 Å². The van der Waals surface area contributed by atoms with Crippen LogP contribution < -0.4 is 10.6 Å². The molecule has 2 N–H and O–H groups in total. The van der Waals surface area contributed by atoms with Crippen LogP contribution in [0.1, 0.15) is 26.2 Å². The van der Waals surface area contributed by atoms with Gasteiger partial charge in [0.1, 0.15) is 6.04 Å². The molecule has 0 aromatic carbocycles. The van der Waals surface area contributed by atoms with Gasteiger partial charge in [0.15, 0.2) is 0 Å². The lowest BCUT2D eigenvalue weighted by Gasteiger charge is -2.35. The van der Waals surface area contributed by atoms with Crippen LogP contribution in [0.15, 0.2) is 0 Å². The monoisotopic (exact) mass is 255 g/mol. The molecule has 18 heavy (non-hydrogen) atoms. The first-order valence-electron chi connectivity index (χ1n) is 7.15. The predicted octanol–water partition coefficient (Wildman–Crippen LogP) is -0.0346. The molecular weight excluding hydrogens is 230 g/mol. The molecule has 5 nitrogen and oxygen atoms in total. The maximum absolute atomic E-state index is 12.0. The highest BCUT2D eigenvalue weighted by molar-refractivity contribution is 5.82. The van der Waals surface area contributed by atoms with Crippen molar-refractivity contribution in [3.63, 3.8) is 0 Å². The van der Waals surface area contributed by atoms with Gasteiger partial charge in [-0.05, 0) is 26.2 Å². The Bertz CT molecular complexity index is 267. The van der Waals surface area contributed by atoms with Gasteiger partial charge in [0.05, 0.1) is 6.10 Å². The third kappa shape index (κ3) is 3.67. The Morgan fingerprint density at radius 1 is 1.56 bits per heavy atom. The number of rotatable bonds is 5. The summed E-state index contributed by atoms with van der Waals surface area (Å²) >= 11 is 0. The minimum absolute atomic E-state index is 0.0138. The summed E-state index contributed by atoms with van der Waals surface area (Å²) in [5.41, 5.74) is 0. The average molecular weight is 255 g/mol. The molecule has 2 unspecified atom stereocenters. The summed E-state index contributed by atoms with van der Waals surface area (Å²) in [6.07, 6.45) is 3.83. The lowest BCUT2D eigenvalue weighted by molar-refractivity contribution is -0.127. The third-order valence-electron chi connectivity index (χ3n) is 3.77. The molecule has 1 amide bonds. The smallest absolute Gasteiger partial charge is 0.238 e. The highest BCUT2D eigenvalue weighted by Gasteiger charge is 2.28. The summed E-state index contributed by atoms with van der Waals surface area (Å²) in [5.74, 6) is 0.150. The zero-order chi connectivity index (χ0) is 12.8. The zero-order valence-corrected chi connectivity index (χ0v) is 11.3. The van der Waals surface area contributed by atoms with Crippen LogP contribution in [0.25, 0.3) is 0 Å². The Hall–Kier alpha value is -0.650. The van der Waals surface area contributed by atoms with E-state index in [1.165, 1.54) is 12.8 Å². The molecule has 2 atom stereocenters. The molecule has 2 aliphatic rings. The van der Waals surface area contributed by atoms with Gasteiger partial charge in [0, 0.05) is 39.3 Å². The summed E-state index contributed by atoms with van der Waals surface area (Å²) in [6.45, 7) is 7.23. The first-order chi connectivity index (χ1) is 8.81. The summed E-state index contributed by atoms with van der Waals surface area (Å²) in [6, 6.07) is -0.0138. The molecule has 0 radical (unpaired) electrons. The molecule has 0 aliphatic carbocycles. The molecule has 0 saturated carbocycles. The first-order valence-corrected chi connectivity index (χ1v) is 7.15. The lowest BCUT2D eigenvalue weighted by Crippen LogP contribution is -2.58. The van der Waals surface area contributed by atoms with Crippen LogP contribution in [0.2, 0.25) is 0 Å². The topological polar surface area (TPSA) is 53.6 Å². The quantitative estimate of drug-likeness (QED) is 0.724. The number of piperazine rings is 1. The van der Waals surface area contributed by atoms with E-state index < -0.39 is 0 Å². The standard InChI is InChI=1S/C13H25N3O2/c1-2-15-13(17)12-10-14-6-8-16(12)7-5-11-4-3-9-18-11/h11-12,14H,2-10H2,1H3,(H,15,17). The van der Waals surface area contributed by atoms with Crippen molar-refractivity contribution in [3.8, 4) is 0 Å². The molecule has 2 rings (SSSR count). The summed E-state index contributed by atoms with van der Waals surface area (Å²) in [4.78, 5) is 14.3. The molecule has 0 aromatic rings. The Morgan fingerprint density at radius 3 is 3.17 bits per heavy atom. The molecule has 2 heterocycles. The Balaban J connectivity index is 1.80. The van der Waals surface area contributed by atoms with Gasteiger partial charge >= 0.3 is 0 Å². The Kier molecular flexibility index (Phi) is 5.41. The van der Waals surface area contributed by atoms with E-state index in [0.29, 0.717) is 12.6 Å². The van der Waals surface area contributed by atoms with E-state index in [-0.39, 0.29) is 11.9 Å². The summed E-state index contributed by atoms with van der Waals surface area (Å²) in [5, 5.41) is 6.22.